The number of hydrogen-bond donors (Lipinski definition) is 1. The first kappa shape index (κ1) is 26.6. The van der Waals surface area contributed by atoms with Gasteiger partial charge in [-0.25, -0.2) is 0 Å². The highest BCUT2D eigenvalue weighted by atomic mass is 127. The van der Waals surface area contributed by atoms with Gasteiger partial charge in [-0.1, -0.05) is 38.1 Å². The van der Waals surface area contributed by atoms with E-state index in [0.29, 0.717) is 5.92 Å². The van der Waals surface area contributed by atoms with Crippen LogP contribution in [0.1, 0.15) is 42.1 Å². The number of hydrogen-bond acceptors (Lipinski definition) is 4. The Hall–Kier alpha value is -1.65. The molecule has 7 nitrogen and oxygen atoms in total. The van der Waals surface area contributed by atoms with Crippen LogP contribution >= 0.6 is 24.0 Å². The third-order valence-electron chi connectivity index (χ3n) is 5.94. The van der Waals surface area contributed by atoms with Crippen LogP contribution in [0.15, 0.2) is 35.5 Å². The van der Waals surface area contributed by atoms with Crippen LogP contribution in [0.25, 0.3) is 0 Å². The van der Waals surface area contributed by atoms with Gasteiger partial charge in [0.05, 0.1) is 5.69 Å². The van der Waals surface area contributed by atoms with Crippen LogP contribution in [-0.4, -0.2) is 77.8 Å². The predicted octanol–water partition coefficient (Wildman–Crippen LogP) is 3.12. The Labute approximate surface area is 210 Å². The average molecular weight is 554 g/mol. The zero-order valence-corrected chi connectivity index (χ0v) is 22.8. The molecule has 1 N–H and O–H groups in total. The van der Waals surface area contributed by atoms with Crippen LogP contribution in [0.3, 0.4) is 0 Å². The van der Waals surface area contributed by atoms with Gasteiger partial charge in [-0.2, -0.15) is 5.10 Å². The van der Waals surface area contributed by atoms with Gasteiger partial charge in [-0.3, -0.25) is 14.6 Å². The van der Waals surface area contributed by atoms with E-state index in [1.807, 2.05) is 18.8 Å². The van der Waals surface area contributed by atoms with Crippen molar-refractivity contribution in [2.75, 3.05) is 47.3 Å². The minimum atomic E-state index is 0. The smallest absolute Gasteiger partial charge is 0.193 e. The Morgan fingerprint density at radius 3 is 2.31 bits per heavy atom. The zero-order chi connectivity index (χ0) is 22.4. The van der Waals surface area contributed by atoms with Crippen LogP contribution in [0.4, 0.5) is 0 Å². The van der Waals surface area contributed by atoms with E-state index >= 15 is 0 Å². The van der Waals surface area contributed by atoms with E-state index in [2.05, 4.69) is 88.5 Å². The van der Waals surface area contributed by atoms with Crippen molar-refractivity contribution in [1.82, 2.24) is 29.8 Å². The molecule has 1 aliphatic rings. The molecule has 0 bridgehead atoms. The minimum Gasteiger partial charge on any atom is -0.352 e. The van der Waals surface area contributed by atoms with E-state index in [1.54, 1.807) is 0 Å². The molecule has 1 aromatic heterocycles. The molecule has 0 spiro atoms. The summed E-state index contributed by atoms with van der Waals surface area (Å²) in [5.41, 5.74) is 5.05. The third-order valence-corrected chi connectivity index (χ3v) is 5.94. The van der Waals surface area contributed by atoms with Crippen molar-refractivity contribution in [3.05, 3.63) is 52.8 Å². The van der Waals surface area contributed by atoms with Gasteiger partial charge in [-0.05, 0) is 24.1 Å². The van der Waals surface area contributed by atoms with Crippen molar-refractivity contribution < 1.29 is 0 Å². The summed E-state index contributed by atoms with van der Waals surface area (Å²) in [6, 6.07) is 8.96. The standard InChI is InChI=1S/C24H39N7.HI/c1-19(2)23-22(18-30(6)27-23)17-29(5)24(25-3)26-15-20-7-9-21(10-8-20)16-31-13-11-28(4)12-14-31;/h7-10,18-19H,11-17H2,1-6H3,(H,25,26);1H. The molecular formula is C24H40IN7. The predicted molar refractivity (Wildman–Crippen MR) is 144 cm³/mol. The molecule has 32 heavy (non-hydrogen) atoms. The molecule has 1 aromatic carbocycles. The Kier molecular flexibility index (Phi) is 10.4. The summed E-state index contributed by atoms with van der Waals surface area (Å²) in [5.74, 6) is 1.30. The molecule has 1 fully saturated rings. The summed E-state index contributed by atoms with van der Waals surface area (Å²) in [7, 11) is 8.09. The fourth-order valence-corrected chi connectivity index (χ4v) is 4.09. The normalized spacial score (nSPS) is 15.7. The Morgan fingerprint density at radius 1 is 1.09 bits per heavy atom. The number of likely N-dealkylation sites (N-methyl/N-ethyl adjacent to an activating group) is 1. The maximum absolute atomic E-state index is 4.62. The lowest BCUT2D eigenvalue weighted by molar-refractivity contribution is 0.148. The summed E-state index contributed by atoms with van der Waals surface area (Å²) in [5, 5.41) is 8.12. The second-order valence-corrected chi connectivity index (χ2v) is 9.02. The number of halogens is 1. The van der Waals surface area contributed by atoms with Crippen LogP contribution in [0, 0.1) is 0 Å². The molecule has 0 atom stereocenters. The van der Waals surface area contributed by atoms with Crippen molar-refractivity contribution in [2.24, 2.45) is 12.0 Å². The number of piperazine rings is 1. The van der Waals surface area contributed by atoms with Gasteiger partial charge in [0.15, 0.2) is 5.96 Å². The summed E-state index contributed by atoms with van der Waals surface area (Å²) < 4.78 is 1.90. The molecule has 0 aliphatic carbocycles. The summed E-state index contributed by atoms with van der Waals surface area (Å²) in [6.45, 7) is 11.6. The number of aryl methyl sites for hydroxylation is 1. The van der Waals surface area contributed by atoms with Crippen molar-refractivity contribution in [2.45, 2.75) is 39.4 Å². The fourth-order valence-electron chi connectivity index (χ4n) is 4.09. The largest absolute Gasteiger partial charge is 0.352 e. The van der Waals surface area contributed by atoms with E-state index in [9.17, 15) is 0 Å². The SMILES string of the molecule is CN=C(NCc1ccc(CN2CCN(C)CC2)cc1)N(C)Cc1cn(C)nc1C(C)C.I. The highest BCUT2D eigenvalue weighted by molar-refractivity contribution is 14.0. The molecule has 0 amide bonds. The Morgan fingerprint density at radius 2 is 1.72 bits per heavy atom. The highest BCUT2D eigenvalue weighted by Crippen LogP contribution is 2.18. The third kappa shape index (κ3) is 7.45. The molecule has 178 valence electrons. The lowest BCUT2D eigenvalue weighted by atomic mass is 10.1. The average Bonchev–Trinajstić information content (AvgIpc) is 3.11. The molecular weight excluding hydrogens is 513 g/mol. The van der Waals surface area contributed by atoms with Crippen LogP contribution in [0.2, 0.25) is 0 Å². The lowest BCUT2D eigenvalue weighted by Crippen LogP contribution is -2.43. The van der Waals surface area contributed by atoms with Crippen molar-refractivity contribution in [3.8, 4) is 0 Å². The van der Waals surface area contributed by atoms with Crippen molar-refractivity contribution in [3.63, 3.8) is 0 Å². The number of aliphatic imine (C=N–C) groups is 1. The summed E-state index contributed by atoms with van der Waals surface area (Å²) in [4.78, 5) is 11.6. The zero-order valence-electron chi connectivity index (χ0n) is 20.5. The van der Waals surface area contributed by atoms with Crippen LogP contribution in [-0.2, 0) is 26.7 Å². The van der Waals surface area contributed by atoms with Crippen LogP contribution < -0.4 is 5.32 Å². The molecule has 0 radical (unpaired) electrons. The Bertz CT molecular complexity index is 852. The van der Waals surface area contributed by atoms with E-state index in [-0.39, 0.29) is 24.0 Å². The summed E-state index contributed by atoms with van der Waals surface area (Å²) >= 11 is 0. The lowest BCUT2D eigenvalue weighted by Gasteiger charge is -2.32. The van der Waals surface area contributed by atoms with Gasteiger partial charge in [-0.15, -0.1) is 24.0 Å². The van der Waals surface area contributed by atoms with Gasteiger partial charge < -0.3 is 15.1 Å². The number of guanidine groups is 1. The van der Waals surface area contributed by atoms with Gasteiger partial charge in [0.25, 0.3) is 0 Å². The number of rotatable bonds is 7. The fraction of sp³-hybridized carbons (Fsp3) is 0.583. The Balaban J connectivity index is 0.00000363. The van der Waals surface area contributed by atoms with Gasteiger partial charge >= 0.3 is 0 Å². The van der Waals surface area contributed by atoms with Gasteiger partial charge in [0.2, 0.25) is 0 Å². The highest BCUT2D eigenvalue weighted by Gasteiger charge is 2.16. The molecule has 0 saturated carbocycles. The number of nitrogens with zero attached hydrogens (tertiary/aromatic N) is 6. The van der Waals surface area contributed by atoms with Gasteiger partial charge in [0.1, 0.15) is 0 Å². The summed E-state index contributed by atoms with van der Waals surface area (Å²) in [6.07, 6.45) is 2.11. The molecule has 0 unspecified atom stereocenters. The van der Waals surface area contributed by atoms with E-state index in [4.69, 9.17) is 0 Å². The number of nitrogens with one attached hydrogen (secondary N) is 1. The minimum absolute atomic E-state index is 0. The molecule has 1 aliphatic heterocycles. The quantitative estimate of drug-likeness (QED) is 0.325. The maximum atomic E-state index is 4.62. The van der Waals surface area contributed by atoms with E-state index in [1.165, 1.54) is 16.7 Å². The second-order valence-electron chi connectivity index (χ2n) is 9.02. The maximum Gasteiger partial charge on any atom is 0.193 e. The molecule has 1 saturated heterocycles. The molecule has 3 rings (SSSR count). The number of aromatic nitrogens is 2. The first-order valence-corrected chi connectivity index (χ1v) is 11.3. The molecule has 2 heterocycles. The number of benzene rings is 1. The van der Waals surface area contributed by atoms with Gasteiger partial charge in [0, 0.05) is 78.7 Å². The topological polar surface area (TPSA) is 51.9 Å². The second kappa shape index (κ2) is 12.6. The first-order valence-electron chi connectivity index (χ1n) is 11.3. The molecule has 2 aromatic rings. The van der Waals surface area contributed by atoms with E-state index in [0.717, 1.165) is 57.5 Å². The first-order chi connectivity index (χ1) is 14.9. The van der Waals surface area contributed by atoms with Crippen LogP contribution in [0.5, 0.6) is 0 Å². The molecule has 8 heteroatoms. The van der Waals surface area contributed by atoms with Crippen molar-refractivity contribution >= 4 is 29.9 Å². The monoisotopic (exact) mass is 553 g/mol. The van der Waals surface area contributed by atoms with Crippen molar-refractivity contribution in [1.29, 1.82) is 0 Å². The van der Waals surface area contributed by atoms with E-state index < -0.39 is 0 Å².